The number of benzene rings is 1. The standard InChI is InChI=1S/C34H50O4/c1-22(21-35)9-8-10-23(2)31-30(36)20-29-27-14-13-25-19-26(38-32(37)24-11-6-5-7-12-24)15-17-33(25,3)28(27)16-18-34(29,31)4/h5-7,11-13,22-23,26-31,35-36H,8-10,14-21H2,1-4H3/t22-,23+,26+,27+,28-,29-,30-,31-,33-,34-/m0/s1. The molecule has 4 aliphatic rings. The highest BCUT2D eigenvalue weighted by atomic mass is 16.5. The molecular weight excluding hydrogens is 472 g/mol. The number of carbonyl (C=O) groups is 1. The molecule has 0 radical (unpaired) electrons. The minimum atomic E-state index is -0.201. The third kappa shape index (κ3) is 5.01. The van der Waals surface area contributed by atoms with Crippen LogP contribution in [0, 0.1) is 46.3 Å². The maximum absolute atomic E-state index is 12.7. The molecule has 0 saturated heterocycles. The molecule has 3 fully saturated rings. The van der Waals surface area contributed by atoms with E-state index in [1.54, 1.807) is 0 Å². The third-order valence-electron chi connectivity index (χ3n) is 11.7. The fraction of sp³-hybridized carbons (Fsp3) is 0.735. The molecule has 0 aliphatic heterocycles. The molecule has 10 atom stereocenters. The van der Waals surface area contributed by atoms with Crippen molar-refractivity contribution in [3.63, 3.8) is 0 Å². The molecule has 210 valence electrons. The van der Waals surface area contributed by atoms with Gasteiger partial charge in [-0.05, 0) is 103 Å². The molecule has 4 nitrogen and oxygen atoms in total. The quantitative estimate of drug-likeness (QED) is 0.280. The van der Waals surface area contributed by atoms with Crippen molar-refractivity contribution in [3.05, 3.63) is 47.5 Å². The molecule has 0 bridgehead atoms. The lowest BCUT2D eigenvalue weighted by atomic mass is 9.47. The molecule has 4 aliphatic carbocycles. The lowest BCUT2D eigenvalue weighted by molar-refractivity contribution is -0.0638. The Morgan fingerprint density at radius 3 is 2.58 bits per heavy atom. The van der Waals surface area contributed by atoms with Gasteiger partial charge in [0.2, 0.25) is 0 Å². The zero-order valence-electron chi connectivity index (χ0n) is 24.1. The average molecular weight is 523 g/mol. The molecule has 0 amide bonds. The van der Waals surface area contributed by atoms with Gasteiger partial charge in [0.05, 0.1) is 11.7 Å². The third-order valence-corrected chi connectivity index (χ3v) is 11.7. The van der Waals surface area contributed by atoms with E-state index >= 15 is 0 Å². The van der Waals surface area contributed by atoms with Crippen molar-refractivity contribution in [2.24, 2.45) is 46.3 Å². The second-order valence-corrected chi connectivity index (χ2v) is 14.0. The second kappa shape index (κ2) is 11.1. The highest BCUT2D eigenvalue weighted by Crippen LogP contribution is 2.67. The van der Waals surface area contributed by atoms with Gasteiger partial charge in [0, 0.05) is 13.0 Å². The first kappa shape index (κ1) is 27.9. The van der Waals surface area contributed by atoms with Crippen molar-refractivity contribution in [2.45, 2.75) is 104 Å². The van der Waals surface area contributed by atoms with Crippen LogP contribution in [0.1, 0.15) is 102 Å². The van der Waals surface area contributed by atoms with Crippen LogP contribution in [0.15, 0.2) is 42.0 Å². The van der Waals surface area contributed by atoms with Gasteiger partial charge in [0.1, 0.15) is 6.10 Å². The van der Waals surface area contributed by atoms with Crippen molar-refractivity contribution < 1.29 is 19.7 Å². The molecule has 2 N–H and O–H groups in total. The Balaban J connectivity index is 1.26. The maximum atomic E-state index is 12.7. The summed E-state index contributed by atoms with van der Waals surface area (Å²) in [6, 6.07) is 9.36. The average Bonchev–Trinajstić information content (AvgIpc) is 3.19. The summed E-state index contributed by atoms with van der Waals surface area (Å²) in [6.07, 6.45) is 13.1. The molecular formula is C34H50O4. The number of ether oxygens (including phenoxy) is 1. The maximum Gasteiger partial charge on any atom is 0.338 e. The highest BCUT2D eigenvalue weighted by molar-refractivity contribution is 5.89. The topological polar surface area (TPSA) is 66.8 Å². The number of allylic oxidation sites excluding steroid dienone is 1. The highest BCUT2D eigenvalue weighted by Gasteiger charge is 2.61. The lowest BCUT2D eigenvalue weighted by Crippen LogP contribution is -2.51. The summed E-state index contributed by atoms with van der Waals surface area (Å²) in [6.45, 7) is 9.76. The fourth-order valence-electron chi connectivity index (χ4n) is 9.66. The van der Waals surface area contributed by atoms with Gasteiger partial charge < -0.3 is 14.9 Å². The van der Waals surface area contributed by atoms with Gasteiger partial charge in [0.25, 0.3) is 0 Å². The van der Waals surface area contributed by atoms with Crippen molar-refractivity contribution >= 4 is 5.97 Å². The number of aliphatic hydroxyl groups is 2. The van der Waals surface area contributed by atoms with Gasteiger partial charge in [-0.2, -0.15) is 0 Å². The van der Waals surface area contributed by atoms with Crippen LogP contribution >= 0.6 is 0 Å². The molecule has 1 aromatic carbocycles. The van der Waals surface area contributed by atoms with Gasteiger partial charge in [-0.3, -0.25) is 0 Å². The predicted octanol–water partition coefficient (Wildman–Crippen LogP) is 7.20. The van der Waals surface area contributed by atoms with E-state index in [2.05, 4.69) is 33.8 Å². The molecule has 5 rings (SSSR count). The summed E-state index contributed by atoms with van der Waals surface area (Å²) >= 11 is 0. The minimum absolute atomic E-state index is 0.0282. The number of rotatable bonds is 8. The molecule has 0 aromatic heterocycles. The van der Waals surface area contributed by atoms with Crippen molar-refractivity contribution in [2.75, 3.05) is 6.61 Å². The van der Waals surface area contributed by atoms with Gasteiger partial charge in [-0.1, -0.05) is 70.4 Å². The van der Waals surface area contributed by atoms with E-state index < -0.39 is 0 Å². The summed E-state index contributed by atoms with van der Waals surface area (Å²) in [7, 11) is 0. The summed E-state index contributed by atoms with van der Waals surface area (Å²) in [5.41, 5.74) is 2.55. The largest absolute Gasteiger partial charge is 0.458 e. The van der Waals surface area contributed by atoms with E-state index in [0.29, 0.717) is 41.1 Å². The van der Waals surface area contributed by atoms with E-state index in [4.69, 9.17) is 4.74 Å². The Morgan fingerprint density at radius 1 is 1.08 bits per heavy atom. The molecule has 0 heterocycles. The number of hydrogen-bond donors (Lipinski definition) is 2. The summed E-state index contributed by atoms with van der Waals surface area (Å²) in [5, 5.41) is 20.8. The molecule has 1 aromatic rings. The number of fused-ring (bicyclic) bond motifs is 5. The summed E-state index contributed by atoms with van der Waals surface area (Å²) in [5.74, 6) is 2.96. The zero-order valence-corrected chi connectivity index (χ0v) is 24.1. The van der Waals surface area contributed by atoms with Gasteiger partial charge in [0.15, 0.2) is 0 Å². The van der Waals surface area contributed by atoms with Gasteiger partial charge in [-0.25, -0.2) is 4.79 Å². The van der Waals surface area contributed by atoms with Crippen LogP contribution in [0.3, 0.4) is 0 Å². The van der Waals surface area contributed by atoms with Crippen LogP contribution in [0.25, 0.3) is 0 Å². The number of esters is 1. The van der Waals surface area contributed by atoms with Crippen LogP contribution in [0.2, 0.25) is 0 Å². The minimum Gasteiger partial charge on any atom is -0.458 e. The van der Waals surface area contributed by atoms with E-state index in [1.807, 2.05) is 30.3 Å². The van der Waals surface area contributed by atoms with E-state index in [1.165, 1.54) is 18.4 Å². The smallest absolute Gasteiger partial charge is 0.338 e. The Kier molecular flexibility index (Phi) is 8.14. The monoisotopic (exact) mass is 522 g/mol. The fourth-order valence-corrected chi connectivity index (χ4v) is 9.66. The van der Waals surface area contributed by atoms with Gasteiger partial charge in [-0.15, -0.1) is 0 Å². The van der Waals surface area contributed by atoms with Crippen molar-refractivity contribution in [1.29, 1.82) is 0 Å². The molecule has 3 saturated carbocycles. The molecule has 4 heteroatoms. The van der Waals surface area contributed by atoms with Crippen LogP contribution in [-0.2, 0) is 4.74 Å². The van der Waals surface area contributed by atoms with Crippen LogP contribution in [-0.4, -0.2) is 35.0 Å². The Labute approximate surface area is 230 Å². The molecule has 0 unspecified atom stereocenters. The van der Waals surface area contributed by atoms with E-state index in [0.717, 1.165) is 51.4 Å². The summed E-state index contributed by atoms with van der Waals surface area (Å²) in [4.78, 5) is 12.7. The zero-order chi connectivity index (χ0) is 27.1. The lowest BCUT2D eigenvalue weighted by Gasteiger charge is -2.58. The normalized spacial score (nSPS) is 39.8. The molecule has 0 spiro atoms. The van der Waals surface area contributed by atoms with E-state index in [-0.39, 0.29) is 35.6 Å². The van der Waals surface area contributed by atoms with Crippen molar-refractivity contribution in [1.82, 2.24) is 0 Å². The first-order valence-corrected chi connectivity index (χ1v) is 15.4. The first-order valence-electron chi connectivity index (χ1n) is 15.4. The number of hydrogen-bond acceptors (Lipinski definition) is 4. The predicted molar refractivity (Wildman–Crippen MR) is 151 cm³/mol. The SMILES string of the molecule is C[C@H](CO)CCC[C@@H](C)[C@H]1[C@@H](O)C[C@H]2[C@@H]3CC=C4C[C@H](OC(=O)c5ccccc5)CC[C@]4(C)[C@H]3CC[C@]12C. The summed E-state index contributed by atoms with van der Waals surface area (Å²) < 4.78 is 5.97. The molecule has 38 heavy (non-hydrogen) atoms. The van der Waals surface area contributed by atoms with Crippen LogP contribution < -0.4 is 0 Å². The van der Waals surface area contributed by atoms with Crippen LogP contribution in [0.4, 0.5) is 0 Å². The van der Waals surface area contributed by atoms with Crippen molar-refractivity contribution in [3.8, 4) is 0 Å². The Bertz CT molecular complexity index is 1000. The Hall–Kier alpha value is -1.65. The van der Waals surface area contributed by atoms with Gasteiger partial charge >= 0.3 is 5.97 Å². The van der Waals surface area contributed by atoms with Crippen LogP contribution in [0.5, 0.6) is 0 Å². The number of carbonyl (C=O) groups excluding carboxylic acids is 1. The second-order valence-electron chi connectivity index (χ2n) is 14.0. The number of aliphatic hydroxyl groups excluding tert-OH is 2. The Morgan fingerprint density at radius 2 is 1.84 bits per heavy atom. The first-order chi connectivity index (χ1) is 18.2. The van der Waals surface area contributed by atoms with E-state index in [9.17, 15) is 15.0 Å².